The van der Waals surface area contributed by atoms with Crippen molar-refractivity contribution >= 4 is 29.1 Å². The largest absolute Gasteiger partial charge is 0.383 e. The van der Waals surface area contributed by atoms with Crippen molar-refractivity contribution in [3.63, 3.8) is 0 Å². The topological polar surface area (TPSA) is 55.6 Å². The number of carbonyl (C=O) groups excluding carboxylic acids is 1. The molecule has 1 aliphatic carbocycles. The van der Waals surface area contributed by atoms with Crippen LogP contribution in [0.15, 0.2) is 18.2 Å². The predicted octanol–water partition coefficient (Wildman–Crippen LogP) is 2.46. The Hall–Kier alpha value is -0.810. The van der Waals surface area contributed by atoms with Gasteiger partial charge in [0.1, 0.15) is 6.04 Å². The van der Waals surface area contributed by atoms with Gasteiger partial charge in [0.15, 0.2) is 0 Å². The van der Waals surface area contributed by atoms with Crippen LogP contribution in [-0.2, 0) is 16.1 Å². The SMILES string of the molecule is COCC(N)C(=O)N(Cc1ccc(Cl)c(Cl)c1)C1CC1. The lowest BCUT2D eigenvalue weighted by Crippen LogP contribution is -2.46. The molecule has 4 nitrogen and oxygen atoms in total. The lowest BCUT2D eigenvalue weighted by atomic mass is 10.2. The van der Waals surface area contributed by atoms with E-state index in [9.17, 15) is 4.79 Å². The van der Waals surface area contributed by atoms with Crippen LogP contribution in [0.5, 0.6) is 0 Å². The van der Waals surface area contributed by atoms with Crippen molar-refractivity contribution in [3.8, 4) is 0 Å². The number of hydrogen-bond acceptors (Lipinski definition) is 3. The molecule has 2 rings (SSSR count). The Morgan fingerprint density at radius 1 is 1.45 bits per heavy atom. The average Bonchev–Trinajstić information content (AvgIpc) is 3.24. The zero-order valence-corrected chi connectivity index (χ0v) is 12.8. The molecule has 1 fully saturated rings. The third-order valence-electron chi connectivity index (χ3n) is 3.27. The van der Waals surface area contributed by atoms with E-state index in [1.165, 1.54) is 7.11 Å². The van der Waals surface area contributed by atoms with Crippen LogP contribution < -0.4 is 5.73 Å². The second-order valence-electron chi connectivity index (χ2n) is 5.01. The lowest BCUT2D eigenvalue weighted by Gasteiger charge is -2.25. The number of carbonyl (C=O) groups is 1. The van der Waals surface area contributed by atoms with Crippen molar-refractivity contribution in [2.45, 2.75) is 31.5 Å². The van der Waals surface area contributed by atoms with Gasteiger partial charge in [0.05, 0.1) is 16.7 Å². The fraction of sp³-hybridized carbons (Fsp3) is 0.500. The van der Waals surface area contributed by atoms with Gasteiger partial charge in [0.2, 0.25) is 5.91 Å². The molecule has 0 aliphatic heterocycles. The van der Waals surface area contributed by atoms with Crippen LogP contribution in [0, 0.1) is 0 Å². The summed E-state index contributed by atoms with van der Waals surface area (Å²) >= 11 is 11.9. The van der Waals surface area contributed by atoms with E-state index in [2.05, 4.69) is 0 Å². The second-order valence-corrected chi connectivity index (χ2v) is 5.82. The minimum absolute atomic E-state index is 0.0829. The van der Waals surface area contributed by atoms with Gasteiger partial charge >= 0.3 is 0 Å². The molecule has 1 aromatic rings. The van der Waals surface area contributed by atoms with E-state index < -0.39 is 6.04 Å². The van der Waals surface area contributed by atoms with Crippen LogP contribution in [0.1, 0.15) is 18.4 Å². The maximum Gasteiger partial charge on any atom is 0.242 e. The highest BCUT2D eigenvalue weighted by Crippen LogP contribution is 2.30. The fourth-order valence-electron chi connectivity index (χ4n) is 2.07. The molecule has 0 radical (unpaired) electrons. The third kappa shape index (κ3) is 3.85. The minimum atomic E-state index is -0.622. The number of ether oxygens (including phenoxy) is 1. The molecule has 0 bridgehead atoms. The van der Waals surface area contributed by atoms with Gasteiger partial charge in [-0.15, -0.1) is 0 Å². The van der Waals surface area contributed by atoms with E-state index >= 15 is 0 Å². The second kappa shape index (κ2) is 6.76. The van der Waals surface area contributed by atoms with Gasteiger partial charge in [-0.2, -0.15) is 0 Å². The number of nitrogens with two attached hydrogens (primary N) is 1. The number of hydrogen-bond donors (Lipinski definition) is 1. The monoisotopic (exact) mass is 316 g/mol. The Morgan fingerprint density at radius 3 is 2.70 bits per heavy atom. The summed E-state index contributed by atoms with van der Waals surface area (Å²) in [6, 6.07) is 5.06. The van der Waals surface area contributed by atoms with Gasteiger partial charge in [-0.05, 0) is 30.5 Å². The molecule has 0 spiro atoms. The maximum atomic E-state index is 12.3. The molecular weight excluding hydrogens is 299 g/mol. The first-order valence-corrected chi connectivity index (χ1v) is 7.27. The summed E-state index contributed by atoms with van der Waals surface area (Å²) in [5.41, 5.74) is 6.79. The highest BCUT2D eigenvalue weighted by atomic mass is 35.5. The summed E-state index contributed by atoms with van der Waals surface area (Å²) in [7, 11) is 1.54. The summed E-state index contributed by atoms with van der Waals surface area (Å²) in [4.78, 5) is 14.1. The Labute approximate surface area is 128 Å². The van der Waals surface area contributed by atoms with Gasteiger partial charge < -0.3 is 15.4 Å². The molecular formula is C14H18Cl2N2O2. The van der Waals surface area contributed by atoms with Gasteiger partial charge in [0, 0.05) is 19.7 Å². The molecule has 1 aromatic carbocycles. The predicted molar refractivity (Wildman–Crippen MR) is 79.9 cm³/mol. The smallest absolute Gasteiger partial charge is 0.242 e. The third-order valence-corrected chi connectivity index (χ3v) is 4.01. The Kier molecular flexibility index (Phi) is 5.27. The number of benzene rings is 1. The molecule has 1 saturated carbocycles. The van der Waals surface area contributed by atoms with Crippen LogP contribution in [0.3, 0.4) is 0 Å². The standard InChI is InChI=1S/C14H18Cl2N2O2/c1-20-8-13(17)14(19)18(10-3-4-10)7-9-2-5-11(15)12(16)6-9/h2,5-6,10,13H,3-4,7-8,17H2,1H3. The van der Waals surface area contributed by atoms with Crippen LogP contribution in [0.2, 0.25) is 10.0 Å². The number of methoxy groups -OCH3 is 1. The lowest BCUT2D eigenvalue weighted by molar-refractivity contribution is -0.135. The van der Waals surface area contributed by atoms with Gasteiger partial charge in [-0.25, -0.2) is 0 Å². The Bertz CT molecular complexity index is 492. The van der Waals surface area contributed by atoms with Crippen LogP contribution in [0.25, 0.3) is 0 Å². The van der Waals surface area contributed by atoms with E-state index in [-0.39, 0.29) is 18.6 Å². The van der Waals surface area contributed by atoms with Crippen molar-refractivity contribution in [1.82, 2.24) is 4.90 Å². The van der Waals surface area contributed by atoms with E-state index in [0.29, 0.717) is 16.6 Å². The molecule has 1 unspecified atom stereocenters. The quantitative estimate of drug-likeness (QED) is 0.877. The van der Waals surface area contributed by atoms with Crippen molar-refractivity contribution in [2.24, 2.45) is 5.73 Å². The average molecular weight is 317 g/mol. The molecule has 1 aliphatic rings. The van der Waals surface area contributed by atoms with Crippen LogP contribution in [-0.4, -0.2) is 36.6 Å². The summed E-state index contributed by atoms with van der Waals surface area (Å²) in [5.74, 6) is -0.0829. The summed E-state index contributed by atoms with van der Waals surface area (Å²) in [6.45, 7) is 0.723. The molecule has 1 atom stereocenters. The number of amides is 1. The Balaban J connectivity index is 2.09. The number of nitrogens with zero attached hydrogens (tertiary/aromatic N) is 1. The van der Waals surface area contributed by atoms with Crippen molar-refractivity contribution in [3.05, 3.63) is 33.8 Å². The van der Waals surface area contributed by atoms with E-state index in [1.807, 2.05) is 11.0 Å². The first-order chi connectivity index (χ1) is 9.52. The molecule has 2 N–H and O–H groups in total. The zero-order valence-electron chi connectivity index (χ0n) is 11.3. The fourth-order valence-corrected chi connectivity index (χ4v) is 2.39. The summed E-state index contributed by atoms with van der Waals surface area (Å²) in [6.07, 6.45) is 2.04. The van der Waals surface area contributed by atoms with E-state index in [0.717, 1.165) is 18.4 Å². The molecule has 0 saturated heterocycles. The molecule has 20 heavy (non-hydrogen) atoms. The number of halogens is 2. The molecule has 0 aromatic heterocycles. The Morgan fingerprint density at radius 2 is 2.15 bits per heavy atom. The number of rotatable bonds is 6. The van der Waals surface area contributed by atoms with E-state index in [4.69, 9.17) is 33.7 Å². The molecule has 0 heterocycles. The van der Waals surface area contributed by atoms with E-state index in [1.54, 1.807) is 12.1 Å². The van der Waals surface area contributed by atoms with Crippen LogP contribution in [0.4, 0.5) is 0 Å². The summed E-state index contributed by atoms with van der Waals surface area (Å²) < 4.78 is 4.95. The highest BCUT2D eigenvalue weighted by molar-refractivity contribution is 6.42. The molecule has 110 valence electrons. The first kappa shape index (κ1) is 15.6. The first-order valence-electron chi connectivity index (χ1n) is 6.52. The van der Waals surface area contributed by atoms with Crippen molar-refractivity contribution in [1.29, 1.82) is 0 Å². The van der Waals surface area contributed by atoms with Gasteiger partial charge in [-0.3, -0.25) is 4.79 Å². The van der Waals surface area contributed by atoms with Crippen molar-refractivity contribution in [2.75, 3.05) is 13.7 Å². The normalized spacial score (nSPS) is 16.0. The highest BCUT2D eigenvalue weighted by Gasteiger charge is 2.34. The maximum absolute atomic E-state index is 12.3. The van der Waals surface area contributed by atoms with Gasteiger partial charge in [0.25, 0.3) is 0 Å². The zero-order chi connectivity index (χ0) is 14.7. The summed E-state index contributed by atoms with van der Waals surface area (Å²) in [5, 5.41) is 1.00. The van der Waals surface area contributed by atoms with Crippen LogP contribution >= 0.6 is 23.2 Å². The molecule has 1 amide bonds. The molecule has 6 heteroatoms. The minimum Gasteiger partial charge on any atom is -0.383 e. The van der Waals surface area contributed by atoms with Crippen molar-refractivity contribution < 1.29 is 9.53 Å². The van der Waals surface area contributed by atoms with Gasteiger partial charge in [-0.1, -0.05) is 29.3 Å².